The van der Waals surface area contributed by atoms with Crippen molar-refractivity contribution >= 4 is 16.8 Å². The maximum Gasteiger partial charge on any atom is 0.268 e. The molecule has 1 aromatic carbocycles. The Hall–Kier alpha value is -2.66. The molecule has 3 aromatic rings. The first-order valence-electron chi connectivity index (χ1n) is 7.23. The van der Waals surface area contributed by atoms with E-state index in [0.717, 1.165) is 11.2 Å². The molecule has 1 aliphatic rings. The van der Waals surface area contributed by atoms with E-state index in [-0.39, 0.29) is 23.5 Å². The number of aromatic nitrogens is 2. The molecule has 5 heteroatoms. The SMILES string of the molecule is O=C1c2c(n(CCCO)c3ccccc3c2=O)-c2cccn21. The van der Waals surface area contributed by atoms with Gasteiger partial charge in [0.2, 0.25) is 5.43 Å². The first kappa shape index (κ1) is 13.0. The largest absolute Gasteiger partial charge is 0.396 e. The molecule has 1 N–H and O–H groups in total. The highest BCUT2D eigenvalue weighted by atomic mass is 16.3. The van der Waals surface area contributed by atoms with Crippen LogP contribution in [0.4, 0.5) is 0 Å². The molecular weight excluding hydrogens is 280 g/mol. The molecule has 0 atom stereocenters. The third-order valence-electron chi connectivity index (χ3n) is 4.14. The number of aryl methyl sites for hydroxylation is 1. The zero-order valence-electron chi connectivity index (χ0n) is 11.8. The van der Waals surface area contributed by atoms with E-state index >= 15 is 0 Å². The molecule has 22 heavy (non-hydrogen) atoms. The second-order valence-corrected chi connectivity index (χ2v) is 5.37. The maximum atomic E-state index is 12.7. The van der Waals surface area contributed by atoms with Gasteiger partial charge in [-0.05, 0) is 30.7 Å². The lowest BCUT2D eigenvalue weighted by Gasteiger charge is -2.15. The molecule has 0 bridgehead atoms. The van der Waals surface area contributed by atoms with E-state index < -0.39 is 0 Å². The van der Waals surface area contributed by atoms with Crippen molar-refractivity contribution in [2.24, 2.45) is 0 Å². The minimum absolute atomic E-state index is 0.0597. The molecule has 4 rings (SSSR count). The van der Waals surface area contributed by atoms with Crippen LogP contribution in [0.2, 0.25) is 0 Å². The first-order valence-corrected chi connectivity index (χ1v) is 7.23. The lowest BCUT2D eigenvalue weighted by Crippen LogP contribution is -2.20. The van der Waals surface area contributed by atoms with Crippen LogP contribution >= 0.6 is 0 Å². The Bertz CT molecular complexity index is 966. The molecule has 0 spiro atoms. The molecule has 110 valence electrons. The number of pyridine rings is 1. The van der Waals surface area contributed by atoms with Gasteiger partial charge in [-0.15, -0.1) is 0 Å². The zero-order chi connectivity index (χ0) is 15.3. The maximum absolute atomic E-state index is 12.7. The quantitative estimate of drug-likeness (QED) is 0.627. The van der Waals surface area contributed by atoms with Crippen molar-refractivity contribution in [1.29, 1.82) is 0 Å². The Labute approximate surface area is 126 Å². The van der Waals surface area contributed by atoms with Crippen LogP contribution in [-0.2, 0) is 6.54 Å². The van der Waals surface area contributed by atoms with E-state index in [2.05, 4.69) is 0 Å². The van der Waals surface area contributed by atoms with Gasteiger partial charge < -0.3 is 9.67 Å². The number of carbonyl (C=O) groups excluding carboxylic acids is 1. The standard InChI is InChI=1S/C17H14N2O3/c20-10-4-9-18-12-6-2-1-5-11(12)16(21)14-15(18)13-7-3-8-19(13)17(14)22/h1-3,5-8,20H,4,9-10H2. The monoisotopic (exact) mass is 294 g/mol. The summed E-state index contributed by atoms with van der Waals surface area (Å²) < 4.78 is 3.49. The summed E-state index contributed by atoms with van der Waals surface area (Å²) in [4.78, 5) is 25.3. The zero-order valence-corrected chi connectivity index (χ0v) is 11.8. The minimum Gasteiger partial charge on any atom is -0.396 e. The van der Waals surface area contributed by atoms with Gasteiger partial charge >= 0.3 is 0 Å². The van der Waals surface area contributed by atoms with E-state index in [9.17, 15) is 9.59 Å². The molecule has 0 unspecified atom stereocenters. The molecular formula is C17H14N2O3. The molecule has 0 fully saturated rings. The van der Waals surface area contributed by atoms with Crippen LogP contribution in [0, 0.1) is 0 Å². The minimum atomic E-state index is -0.275. The summed E-state index contributed by atoms with van der Waals surface area (Å²) in [5.41, 5.74) is 2.20. The van der Waals surface area contributed by atoms with Gasteiger partial charge in [0.05, 0.1) is 16.9 Å². The van der Waals surface area contributed by atoms with Crippen LogP contribution in [0.25, 0.3) is 22.3 Å². The summed E-state index contributed by atoms with van der Waals surface area (Å²) in [5, 5.41) is 9.70. The molecule has 0 amide bonds. The fourth-order valence-electron chi connectivity index (χ4n) is 3.20. The van der Waals surface area contributed by atoms with Crippen LogP contribution in [-0.4, -0.2) is 26.8 Å². The Morgan fingerprint density at radius 2 is 1.86 bits per heavy atom. The number of rotatable bonds is 3. The van der Waals surface area contributed by atoms with Gasteiger partial charge in [-0.25, -0.2) is 0 Å². The Kier molecular flexibility index (Phi) is 2.77. The molecule has 3 heterocycles. The topological polar surface area (TPSA) is 64.2 Å². The van der Waals surface area contributed by atoms with Crippen molar-refractivity contribution in [2.45, 2.75) is 13.0 Å². The van der Waals surface area contributed by atoms with Crippen LogP contribution in [0.5, 0.6) is 0 Å². The highest BCUT2D eigenvalue weighted by Crippen LogP contribution is 2.33. The van der Waals surface area contributed by atoms with Crippen LogP contribution < -0.4 is 5.43 Å². The second-order valence-electron chi connectivity index (χ2n) is 5.37. The van der Waals surface area contributed by atoms with E-state index in [1.807, 2.05) is 22.8 Å². The number of carbonyl (C=O) groups is 1. The summed E-state index contributed by atoms with van der Waals surface area (Å²) in [6, 6.07) is 10.9. The van der Waals surface area contributed by atoms with E-state index in [0.29, 0.717) is 24.0 Å². The van der Waals surface area contributed by atoms with Crippen molar-refractivity contribution in [1.82, 2.24) is 9.13 Å². The van der Waals surface area contributed by atoms with Crippen molar-refractivity contribution < 1.29 is 9.90 Å². The Morgan fingerprint density at radius 3 is 2.68 bits per heavy atom. The van der Waals surface area contributed by atoms with Gasteiger partial charge in [-0.2, -0.15) is 0 Å². The van der Waals surface area contributed by atoms with Gasteiger partial charge in [0.1, 0.15) is 5.56 Å². The summed E-state index contributed by atoms with van der Waals surface area (Å²) >= 11 is 0. The molecule has 0 saturated heterocycles. The fraction of sp³-hybridized carbons (Fsp3) is 0.176. The van der Waals surface area contributed by atoms with Crippen molar-refractivity contribution in [2.75, 3.05) is 6.61 Å². The Morgan fingerprint density at radius 1 is 1.05 bits per heavy atom. The highest BCUT2D eigenvalue weighted by Gasteiger charge is 2.32. The molecule has 5 nitrogen and oxygen atoms in total. The third-order valence-corrected chi connectivity index (χ3v) is 4.14. The number of aliphatic hydroxyl groups excluding tert-OH is 1. The van der Waals surface area contributed by atoms with Gasteiger partial charge in [-0.1, -0.05) is 12.1 Å². The fourth-order valence-corrected chi connectivity index (χ4v) is 3.20. The molecule has 1 aliphatic heterocycles. The number of nitrogens with zero attached hydrogens (tertiary/aromatic N) is 2. The average molecular weight is 294 g/mol. The van der Waals surface area contributed by atoms with E-state index in [1.165, 1.54) is 4.57 Å². The number of aliphatic hydroxyl groups is 1. The van der Waals surface area contributed by atoms with Crippen LogP contribution in [0.3, 0.4) is 0 Å². The van der Waals surface area contributed by atoms with Gasteiger partial charge in [0, 0.05) is 24.7 Å². The molecule has 0 aliphatic carbocycles. The molecule has 0 radical (unpaired) electrons. The average Bonchev–Trinajstić information content (AvgIpc) is 3.11. The molecule has 2 aromatic heterocycles. The lowest BCUT2D eigenvalue weighted by atomic mass is 10.1. The number of fused-ring (bicyclic) bond motifs is 4. The van der Waals surface area contributed by atoms with Crippen LogP contribution in [0.1, 0.15) is 16.8 Å². The normalized spacial score (nSPS) is 12.7. The van der Waals surface area contributed by atoms with Crippen molar-refractivity contribution in [3.05, 3.63) is 58.4 Å². The van der Waals surface area contributed by atoms with Gasteiger partial charge in [0.25, 0.3) is 5.91 Å². The summed E-state index contributed by atoms with van der Waals surface area (Å²) in [6.45, 7) is 0.613. The Balaban J connectivity index is 2.16. The number of hydrogen-bond donors (Lipinski definition) is 1. The predicted octanol–water partition coefficient (Wildman–Crippen LogP) is 1.85. The third kappa shape index (κ3) is 1.57. The number of para-hydroxylation sites is 1. The van der Waals surface area contributed by atoms with Crippen molar-refractivity contribution in [3.8, 4) is 11.4 Å². The lowest BCUT2D eigenvalue weighted by molar-refractivity contribution is 0.0968. The predicted molar refractivity (Wildman–Crippen MR) is 83.1 cm³/mol. The van der Waals surface area contributed by atoms with Gasteiger partial charge in [-0.3, -0.25) is 14.2 Å². The van der Waals surface area contributed by atoms with E-state index in [4.69, 9.17) is 5.11 Å². The van der Waals surface area contributed by atoms with Gasteiger partial charge in [0.15, 0.2) is 0 Å². The smallest absolute Gasteiger partial charge is 0.268 e. The second kappa shape index (κ2) is 4.68. The summed E-state index contributed by atoms with van der Waals surface area (Å²) in [6.07, 6.45) is 2.24. The summed E-state index contributed by atoms with van der Waals surface area (Å²) in [5.74, 6) is -0.275. The van der Waals surface area contributed by atoms with Crippen LogP contribution in [0.15, 0.2) is 47.4 Å². The highest BCUT2D eigenvalue weighted by molar-refractivity contribution is 6.10. The van der Waals surface area contributed by atoms with Crippen molar-refractivity contribution in [3.63, 3.8) is 0 Å². The first-order chi connectivity index (χ1) is 10.7. The molecule has 0 saturated carbocycles. The number of benzene rings is 1. The van der Waals surface area contributed by atoms with E-state index in [1.54, 1.807) is 24.4 Å². The summed E-state index contributed by atoms with van der Waals surface area (Å²) in [7, 11) is 0. The number of hydrogen-bond acceptors (Lipinski definition) is 3.